The molecule has 0 aliphatic rings. The van der Waals surface area contributed by atoms with E-state index in [-0.39, 0.29) is 19.8 Å². The maximum Gasteiger partial charge on any atom is 0.264 e. The molecule has 0 heterocycles. The first kappa shape index (κ1) is 14.3. The minimum Gasteiger partial charge on any atom is -0.396 e. The highest BCUT2D eigenvalue weighted by Gasteiger charge is 2.10. The molecule has 6 nitrogen and oxygen atoms in total. The number of nitrogens with zero attached hydrogens (tertiary/aromatic N) is 1. The van der Waals surface area contributed by atoms with Crippen LogP contribution in [-0.2, 0) is 9.59 Å². The first-order valence-corrected chi connectivity index (χ1v) is 4.78. The Labute approximate surface area is 93.8 Å². The summed E-state index contributed by atoms with van der Waals surface area (Å²) in [7, 11) is 0. The molecule has 0 aliphatic heterocycles. The van der Waals surface area contributed by atoms with Crippen molar-refractivity contribution in [2.24, 2.45) is 0 Å². The molecular weight excluding hydrogens is 212 g/mol. The normalized spacial score (nSPS) is 10.1. The van der Waals surface area contributed by atoms with E-state index in [1.165, 1.54) is 12.2 Å². The molecule has 0 aromatic heterocycles. The molecule has 3 N–H and O–H groups in total. The summed E-state index contributed by atoms with van der Waals surface area (Å²) in [6.45, 7) is 2.95. The molecule has 2 amide bonds. The first-order valence-electron chi connectivity index (χ1n) is 4.78. The van der Waals surface area contributed by atoms with Crippen LogP contribution in [0.5, 0.6) is 0 Å². The highest BCUT2D eigenvalue weighted by molar-refractivity contribution is 5.92. The lowest BCUT2D eigenvalue weighted by Gasteiger charge is -2.19. The molecule has 0 bridgehead atoms. The van der Waals surface area contributed by atoms with Crippen molar-refractivity contribution < 1.29 is 19.8 Å². The van der Waals surface area contributed by atoms with Crippen molar-refractivity contribution in [3.05, 3.63) is 24.8 Å². The number of carbonyl (C=O) groups excluding carboxylic acids is 2. The standard InChI is InChI=1S/C10H16N2O4/c1-2-10(16)12(6-8-14)11-9(15)5-3-4-7-13/h2-3,5,13-14H,1,4,6-8H2,(H,11,15). The van der Waals surface area contributed by atoms with Crippen LogP contribution in [0.3, 0.4) is 0 Å². The number of hydrogen-bond donors (Lipinski definition) is 3. The molecule has 0 fully saturated rings. The second kappa shape index (κ2) is 8.63. The van der Waals surface area contributed by atoms with Gasteiger partial charge in [0.1, 0.15) is 0 Å². The Kier molecular flexibility index (Phi) is 7.74. The molecule has 0 saturated carbocycles. The van der Waals surface area contributed by atoms with Gasteiger partial charge in [0.15, 0.2) is 0 Å². The number of aliphatic hydroxyl groups is 2. The average Bonchev–Trinajstić information content (AvgIpc) is 2.28. The number of carbonyl (C=O) groups is 2. The highest BCUT2D eigenvalue weighted by atomic mass is 16.3. The maximum absolute atomic E-state index is 11.2. The van der Waals surface area contributed by atoms with Gasteiger partial charge < -0.3 is 10.2 Å². The van der Waals surface area contributed by atoms with E-state index in [1.807, 2.05) is 0 Å². The Morgan fingerprint density at radius 2 is 2.00 bits per heavy atom. The molecule has 0 aromatic carbocycles. The summed E-state index contributed by atoms with van der Waals surface area (Å²) in [4.78, 5) is 22.4. The Morgan fingerprint density at radius 1 is 1.31 bits per heavy atom. The molecule has 0 saturated heterocycles. The molecule has 0 aliphatic carbocycles. The van der Waals surface area contributed by atoms with E-state index in [2.05, 4.69) is 12.0 Å². The van der Waals surface area contributed by atoms with E-state index in [4.69, 9.17) is 10.2 Å². The fourth-order valence-electron chi connectivity index (χ4n) is 0.867. The molecule has 0 rings (SSSR count). The van der Waals surface area contributed by atoms with Crippen LogP contribution < -0.4 is 5.43 Å². The zero-order valence-electron chi connectivity index (χ0n) is 8.93. The van der Waals surface area contributed by atoms with Crippen molar-refractivity contribution in [1.82, 2.24) is 10.4 Å². The van der Waals surface area contributed by atoms with Gasteiger partial charge in [0.25, 0.3) is 11.8 Å². The van der Waals surface area contributed by atoms with Gasteiger partial charge in [-0.3, -0.25) is 15.0 Å². The molecule has 0 aromatic rings. The third-order valence-electron chi connectivity index (χ3n) is 1.57. The predicted octanol–water partition coefficient (Wildman–Crippen LogP) is -1.04. The molecule has 0 atom stereocenters. The third-order valence-corrected chi connectivity index (χ3v) is 1.57. The van der Waals surface area contributed by atoms with Gasteiger partial charge in [-0.25, -0.2) is 5.01 Å². The number of hydrogen-bond acceptors (Lipinski definition) is 4. The highest BCUT2D eigenvalue weighted by Crippen LogP contribution is 1.87. The summed E-state index contributed by atoms with van der Waals surface area (Å²) in [5.41, 5.74) is 2.27. The van der Waals surface area contributed by atoms with Gasteiger partial charge in [-0.2, -0.15) is 0 Å². The van der Waals surface area contributed by atoms with Crippen LogP contribution in [0.2, 0.25) is 0 Å². The zero-order chi connectivity index (χ0) is 12.4. The quantitative estimate of drug-likeness (QED) is 0.400. The molecule has 16 heavy (non-hydrogen) atoms. The topological polar surface area (TPSA) is 89.9 Å². The van der Waals surface area contributed by atoms with Crippen molar-refractivity contribution >= 4 is 11.8 Å². The van der Waals surface area contributed by atoms with Gasteiger partial charge >= 0.3 is 0 Å². The van der Waals surface area contributed by atoms with Crippen molar-refractivity contribution in [2.75, 3.05) is 19.8 Å². The van der Waals surface area contributed by atoms with Crippen molar-refractivity contribution in [2.45, 2.75) is 6.42 Å². The van der Waals surface area contributed by atoms with E-state index >= 15 is 0 Å². The van der Waals surface area contributed by atoms with E-state index in [0.717, 1.165) is 11.1 Å². The van der Waals surface area contributed by atoms with Crippen molar-refractivity contribution in [3.8, 4) is 0 Å². The summed E-state index contributed by atoms with van der Waals surface area (Å²) < 4.78 is 0. The predicted molar refractivity (Wildman–Crippen MR) is 58.0 cm³/mol. The van der Waals surface area contributed by atoms with Crippen LogP contribution in [0.1, 0.15) is 6.42 Å². The van der Waals surface area contributed by atoms with Crippen LogP contribution >= 0.6 is 0 Å². The first-order chi connectivity index (χ1) is 7.65. The number of hydrazine groups is 1. The SMILES string of the molecule is C=CC(=O)N(CCO)NC(=O)C=CCCO. The second-order valence-electron chi connectivity index (χ2n) is 2.81. The number of aliphatic hydroxyl groups excluding tert-OH is 2. The van der Waals surface area contributed by atoms with Gasteiger partial charge in [0.05, 0.1) is 13.2 Å². The van der Waals surface area contributed by atoms with Crippen molar-refractivity contribution in [3.63, 3.8) is 0 Å². The van der Waals surface area contributed by atoms with Crippen LogP contribution in [0.4, 0.5) is 0 Å². The van der Waals surface area contributed by atoms with Gasteiger partial charge in [-0.15, -0.1) is 0 Å². The lowest BCUT2D eigenvalue weighted by molar-refractivity contribution is -0.136. The molecule has 0 unspecified atom stereocenters. The third kappa shape index (κ3) is 5.94. The van der Waals surface area contributed by atoms with Crippen LogP contribution in [-0.4, -0.2) is 46.8 Å². The van der Waals surface area contributed by atoms with E-state index < -0.39 is 11.8 Å². The largest absolute Gasteiger partial charge is 0.396 e. The monoisotopic (exact) mass is 228 g/mol. The second-order valence-corrected chi connectivity index (χ2v) is 2.81. The fourth-order valence-corrected chi connectivity index (χ4v) is 0.867. The summed E-state index contributed by atoms with van der Waals surface area (Å²) >= 11 is 0. The Morgan fingerprint density at radius 3 is 2.50 bits per heavy atom. The summed E-state index contributed by atoms with van der Waals surface area (Å²) in [6, 6.07) is 0. The molecule has 0 radical (unpaired) electrons. The number of rotatable bonds is 6. The van der Waals surface area contributed by atoms with E-state index in [0.29, 0.717) is 6.42 Å². The van der Waals surface area contributed by atoms with Gasteiger partial charge in [0.2, 0.25) is 0 Å². The van der Waals surface area contributed by atoms with Crippen LogP contribution in [0, 0.1) is 0 Å². The fraction of sp³-hybridized carbons (Fsp3) is 0.400. The minimum atomic E-state index is -0.503. The van der Waals surface area contributed by atoms with Gasteiger partial charge in [-0.05, 0) is 12.5 Å². The lowest BCUT2D eigenvalue weighted by atomic mass is 10.4. The average molecular weight is 228 g/mol. The Bertz CT molecular complexity index is 276. The zero-order valence-corrected chi connectivity index (χ0v) is 8.93. The molecule has 0 spiro atoms. The number of amides is 2. The Balaban J connectivity index is 4.22. The minimum absolute atomic E-state index is 0.00949. The number of nitrogens with one attached hydrogen (secondary N) is 1. The lowest BCUT2D eigenvalue weighted by Crippen LogP contribution is -2.46. The Hall–Kier alpha value is -1.66. The molecule has 90 valence electrons. The molecular formula is C10H16N2O4. The smallest absolute Gasteiger partial charge is 0.264 e. The summed E-state index contributed by atoms with van der Waals surface area (Å²) in [5.74, 6) is -1.00. The van der Waals surface area contributed by atoms with Crippen molar-refractivity contribution in [1.29, 1.82) is 0 Å². The molecule has 6 heteroatoms. The van der Waals surface area contributed by atoms with E-state index in [1.54, 1.807) is 0 Å². The van der Waals surface area contributed by atoms with E-state index in [9.17, 15) is 9.59 Å². The summed E-state index contributed by atoms with van der Waals surface area (Å²) in [5, 5.41) is 18.1. The maximum atomic E-state index is 11.2. The van der Waals surface area contributed by atoms with Crippen LogP contribution in [0.15, 0.2) is 24.8 Å². The van der Waals surface area contributed by atoms with Crippen LogP contribution in [0.25, 0.3) is 0 Å². The van der Waals surface area contributed by atoms with Gasteiger partial charge in [0, 0.05) is 12.7 Å². The van der Waals surface area contributed by atoms with Gasteiger partial charge in [-0.1, -0.05) is 12.7 Å². The summed E-state index contributed by atoms with van der Waals surface area (Å²) in [6.07, 6.45) is 4.08.